The maximum Gasteiger partial charge on any atom is 0.390 e. The number of thiophene rings is 1. The number of aliphatic hydroxyl groups excluding tert-OH is 1. The van der Waals surface area contributed by atoms with Crippen LogP contribution < -0.4 is 4.72 Å². The summed E-state index contributed by atoms with van der Waals surface area (Å²) in [5, 5.41) is 10.2. The Morgan fingerprint density at radius 3 is 2.56 bits per heavy atom. The smallest absolute Gasteiger partial charge is 0.390 e. The second-order valence-electron chi connectivity index (χ2n) is 3.77. The Labute approximate surface area is 106 Å². The van der Waals surface area contributed by atoms with Crippen molar-refractivity contribution in [1.29, 1.82) is 0 Å². The van der Waals surface area contributed by atoms with Gasteiger partial charge >= 0.3 is 6.18 Å². The van der Waals surface area contributed by atoms with Crippen LogP contribution in [0.25, 0.3) is 0 Å². The van der Waals surface area contributed by atoms with Gasteiger partial charge in [0.1, 0.15) is 4.21 Å². The summed E-state index contributed by atoms with van der Waals surface area (Å²) in [6.45, 7) is 0.829. The quantitative estimate of drug-likeness (QED) is 0.872. The topological polar surface area (TPSA) is 66.4 Å². The molecule has 1 aromatic heterocycles. The molecule has 0 amide bonds. The summed E-state index contributed by atoms with van der Waals surface area (Å²) in [4.78, 5) is 0. The normalized spacial score (nSPS) is 14.7. The highest BCUT2D eigenvalue weighted by atomic mass is 32.2. The van der Waals surface area contributed by atoms with Crippen LogP contribution in [0.15, 0.2) is 15.7 Å². The minimum atomic E-state index is -4.42. The van der Waals surface area contributed by atoms with Crippen LogP contribution in [-0.2, 0) is 16.6 Å². The van der Waals surface area contributed by atoms with E-state index in [1.807, 2.05) is 4.72 Å². The summed E-state index contributed by atoms with van der Waals surface area (Å²) in [6, 6.07) is -0.0116. The molecular formula is C9H12F3NO3S2. The Morgan fingerprint density at radius 1 is 1.50 bits per heavy atom. The molecule has 0 bridgehead atoms. The monoisotopic (exact) mass is 303 g/mol. The van der Waals surface area contributed by atoms with Crippen LogP contribution in [0.5, 0.6) is 0 Å². The minimum absolute atomic E-state index is 0.111. The van der Waals surface area contributed by atoms with Gasteiger partial charge in [-0.25, -0.2) is 13.1 Å². The number of sulfonamides is 1. The van der Waals surface area contributed by atoms with Crippen molar-refractivity contribution in [2.24, 2.45) is 0 Å². The van der Waals surface area contributed by atoms with Gasteiger partial charge in [0.25, 0.3) is 0 Å². The molecule has 1 aromatic rings. The third kappa shape index (κ3) is 4.56. The van der Waals surface area contributed by atoms with E-state index in [2.05, 4.69) is 0 Å². The average Bonchev–Trinajstić information content (AvgIpc) is 2.61. The van der Waals surface area contributed by atoms with Crippen LogP contribution in [0.4, 0.5) is 13.2 Å². The molecule has 0 fully saturated rings. The van der Waals surface area contributed by atoms with Crippen LogP contribution in [0.2, 0.25) is 0 Å². The molecule has 0 aliphatic rings. The van der Waals surface area contributed by atoms with Crippen LogP contribution >= 0.6 is 11.3 Å². The number of alkyl halides is 3. The summed E-state index contributed by atoms with van der Waals surface area (Å²) in [7, 11) is -3.96. The molecule has 0 aromatic carbocycles. The van der Waals surface area contributed by atoms with Gasteiger partial charge in [0.05, 0.1) is 13.0 Å². The van der Waals surface area contributed by atoms with Crippen molar-refractivity contribution in [2.75, 3.05) is 0 Å². The lowest BCUT2D eigenvalue weighted by atomic mass is 10.2. The number of rotatable bonds is 5. The molecule has 2 N–H and O–H groups in total. The van der Waals surface area contributed by atoms with Gasteiger partial charge in [0, 0.05) is 6.04 Å². The highest BCUT2D eigenvalue weighted by Gasteiger charge is 2.32. The van der Waals surface area contributed by atoms with Gasteiger partial charge in [0.2, 0.25) is 10.0 Å². The van der Waals surface area contributed by atoms with E-state index in [0.29, 0.717) is 5.56 Å². The zero-order chi connectivity index (χ0) is 14.0. The van der Waals surface area contributed by atoms with E-state index in [1.54, 1.807) is 0 Å². The Kier molecular flexibility index (Phi) is 4.76. The fraction of sp³-hybridized carbons (Fsp3) is 0.556. The van der Waals surface area contributed by atoms with E-state index in [-0.39, 0.29) is 10.8 Å². The number of nitrogens with one attached hydrogen (secondary N) is 1. The molecule has 1 rings (SSSR count). The molecule has 0 saturated heterocycles. The lowest BCUT2D eigenvalue weighted by Gasteiger charge is -2.15. The lowest BCUT2D eigenvalue weighted by molar-refractivity contribution is -0.137. The number of aliphatic hydroxyl groups is 1. The second kappa shape index (κ2) is 5.55. The first-order valence-electron chi connectivity index (χ1n) is 4.91. The van der Waals surface area contributed by atoms with E-state index < -0.39 is 28.7 Å². The van der Waals surface area contributed by atoms with Gasteiger partial charge in [-0.3, -0.25) is 0 Å². The van der Waals surface area contributed by atoms with Crippen molar-refractivity contribution in [3.05, 3.63) is 17.0 Å². The van der Waals surface area contributed by atoms with E-state index in [0.717, 1.165) is 18.3 Å². The number of hydrogen-bond donors (Lipinski definition) is 2. The van der Waals surface area contributed by atoms with Gasteiger partial charge in [0.15, 0.2) is 0 Å². The maximum atomic E-state index is 12.1. The predicted molar refractivity (Wildman–Crippen MR) is 60.7 cm³/mol. The molecule has 4 nitrogen and oxygen atoms in total. The summed E-state index contributed by atoms with van der Waals surface area (Å²) in [6.07, 6.45) is -5.65. The van der Waals surface area contributed by atoms with E-state index in [4.69, 9.17) is 5.11 Å². The predicted octanol–water partition coefficient (Wildman–Crippen LogP) is 1.86. The molecule has 0 aliphatic heterocycles. The van der Waals surface area contributed by atoms with Crippen molar-refractivity contribution in [2.45, 2.75) is 36.4 Å². The van der Waals surface area contributed by atoms with Gasteiger partial charge in [-0.15, -0.1) is 11.3 Å². The number of halogens is 3. The molecule has 1 unspecified atom stereocenters. The Balaban J connectivity index is 2.76. The van der Waals surface area contributed by atoms with E-state index >= 15 is 0 Å². The van der Waals surface area contributed by atoms with Crippen molar-refractivity contribution in [3.8, 4) is 0 Å². The summed E-state index contributed by atoms with van der Waals surface area (Å²) in [5.41, 5.74) is 0.406. The zero-order valence-corrected chi connectivity index (χ0v) is 11.0. The standard InChI is InChI=1S/C9H12F3NO3S2/c1-6(3-9(10,11)12)13-18(15,16)8-2-7(4-14)5-17-8/h2,5-6,13-14H,3-4H2,1H3. The molecule has 0 radical (unpaired) electrons. The van der Waals surface area contributed by atoms with Crippen molar-refractivity contribution in [3.63, 3.8) is 0 Å². The van der Waals surface area contributed by atoms with Gasteiger partial charge in [-0.2, -0.15) is 13.2 Å². The third-order valence-electron chi connectivity index (χ3n) is 1.97. The molecule has 0 saturated carbocycles. The third-order valence-corrected chi connectivity index (χ3v) is 5.05. The highest BCUT2D eigenvalue weighted by molar-refractivity contribution is 7.91. The molecule has 0 spiro atoms. The van der Waals surface area contributed by atoms with Crippen LogP contribution in [-0.4, -0.2) is 25.7 Å². The Bertz CT molecular complexity index is 495. The molecule has 0 aliphatic carbocycles. The Morgan fingerprint density at radius 2 is 2.11 bits per heavy atom. The maximum absolute atomic E-state index is 12.1. The lowest BCUT2D eigenvalue weighted by Crippen LogP contribution is -2.35. The second-order valence-corrected chi connectivity index (χ2v) is 6.63. The summed E-state index contributed by atoms with van der Waals surface area (Å²) in [5.74, 6) is 0. The largest absolute Gasteiger partial charge is 0.392 e. The summed E-state index contributed by atoms with van der Waals surface area (Å²) < 4.78 is 61.5. The fourth-order valence-electron chi connectivity index (χ4n) is 1.29. The molecule has 1 heterocycles. The highest BCUT2D eigenvalue weighted by Crippen LogP contribution is 2.24. The first kappa shape index (κ1) is 15.4. The molecule has 104 valence electrons. The first-order chi connectivity index (χ1) is 8.14. The van der Waals surface area contributed by atoms with Gasteiger partial charge in [-0.05, 0) is 23.9 Å². The Hall–Kier alpha value is -0.640. The summed E-state index contributed by atoms with van der Waals surface area (Å²) >= 11 is 0.849. The number of hydrogen-bond acceptors (Lipinski definition) is 4. The van der Waals surface area contributed by atoms with E-state index in [1.165, 1.54) is 11.4 Å². The fourth-order valence-corrected chi connectivity index (χ4v) is 3.75. The average molecular weight is 303 g/mol. The van der Waals surface area contributed by atoms with Crippen LogP contribution in [0.3, 0.4) is 0 Å². The molecule has 1 atom stereocenters. The zero-order valence-electron chi connectivity index (χ0n) is 9.36. The molecular weight excluding hydrogens is 291 g/mol. The van der Waals surface area contributed by atoms with Crippen LogP contribution in [0.1, 0.15) is 18.9 Å². The molecule has 18 heavy (non-hydrogen) atoms. The van der Waals surface area contributed by atoms with Crippen molar-refractivity contribution in [1.82, 2.24) is 4.72 Å². The van der Waals surface area contributed by atoms with Crippen molar-refractivity contribution >= 4 is 21.4 Å². The minimum Gasteiger partial charge on any atom is -0.392 e. The van der Waals surface area contributed by atoms with Crippen molar-refractivity contribution < 1.29 is 26.7 Å². The first-order valence-corrected chi connectivity index (χ1v) is 7.27. The van der Waals surface area contributed by atoms with Gasteiger partial charge < -0.3 is 5.11 Å². The SMILES string of the molecule is CC(CC(F)(F)F)NS(=O)(=O)c1cc(CO)cs1. The van der Waals surface area contributed by atoms with E-state index in [9.17, 15) is 21.6 Å². The van der Waals surface area contributed by atoms with Gasteiger partial charge in [-0.1, -0.05) is 0 Å². The van der Waals surface area contributed by atoms with Crippen LogP contribution in [0, 0.1) is 0 Å². The molecule has 9 heteroatoms.